The number of nitrogens with zero attached hydrogens (tertiary/aromatic N) is 2. The Labute approximate surface area is 156 Å². The zero-order valence-electron chi connectivity index (χ0n) is 10.3. The Balaban J connectivity index is 0.00000200. The predicted octanol–water partition coefficient (Wildman–Crippen LogP) is -2.31. The van der Waals surface area contributed by atoms with Crippen molar-refractivity contribution in [1.29, 1.82) is 0 Å². The van der Waals surface area contributed by atoms with Gasteiger partial charge in [-0.1, -0.05) is 12.1 Å². The number of amides is 4. The Morgan fingerprint density at radius 1 is 1.10 bits per heavy atom. The quantitative estimate of drug-likeness (QED) is 0.371. The zero-order chi connectivity index (χ0) is 14.2. The number of imide groups is 2. The van der Waals surface area contributed by atoms with Crippen LogP contribution in [-0.4, -0.2) is 30.8 Å². The number of carbonyl (C=O) groups is 3. The molecule has 1 heterocycles. The third kappa shape index (κ3) is 3.72. The second-order valence-electron chi connectivity index (χ2n) is 3.66. The van der Waals surface area contributed by atoms with Crippen LogP contribution in [0.2, 0.25) is 0 Å². The summed E-state index contributed by atoms with van der Waals surface area (Å²) in [6, 6.07) is 3.35. The number of hydrogen-bond acceptors (Lipinski definition) is 5. The number of barbiturate groups is 1. The van der Waals surface area contributed by atoms with Crippen LogP contribution in [0.1, 0.15) is 6.42 Å². The van der Waals surface area contributed by atoms with Crippen LogP contribution in [-0.2, 0) is 19.7 Å². The molecule has 4 amide bonds. The molecule has 0 radical (unpaired) electrons. The average molecular weight is 322 g/mol. The van der Waals surface area contributed by atoms with E-state index in [0.29, 0.717) is 4.90 Å². The van der Waals surface area contributed by atoms with Crippen LogP contribution in [0.5, 0.6) is 0 Å². The minimum atomic E-state index is -4.35. The Morgan fingerprint density at radius 3 is 2.10 bits per heavy atom. The summed E-state index contributed by atoms with van der Waals surface area (Å²) in [4.78, 5) is 34.2. The first kappa shape index (κ1) is 17.4. The van der Waals surface area contributed by atoms with Crippen molar-refractivity contribution < 1.29 is 78.7 Å². The zero-order valence-corrected chi connectivity index (χ0v) is 14.2. The summed E-state index contributed by atoms with van der Waals surface area (Å²) in [7, 11) is -4.35. The van der Waals surface area contributed by atoms with E-state index in [4.69, 9.17) is 4.55 Å². The second kappa shape index (κ2) is 6.43. The van der Waals surface area contributed by atoms with Crippen LogP contribution in [0.25, 0.3) is 5.32 Å². The summed E-state index contributed by atoms with van der Waals surface area (Å²) in [5.41, 5.74) is 0.0682. The first-order valence-corrected chi connectivity index (χ1v) is 6.42. The third-order valence-corrected chi connectivity index (χ3v) is 3.22. The SMILES string of the molecule is O=C1CC(=O)N(c2ccc(S(=O)(=O)O)cc2)C(=O)[N-]1.[K+]. The molecular weight excluding hydrogens is 315 g/mol. The minimum absolute atomic E-state index is 0. The number of benzene rings is 1. The molecule has 20 heavy (non-hydrogen) atoms. The predicted molar refractivity (Wildman–Crippen MR) is 62.1 cm³/mol. The molecule has 1 aromatic carbocycles. The smallest absolute Gasteiger partial charge is 0.368 e. The first-order chi connectivity index (χ1) is 8.79. The molecule has 0 spiro atoms. The van der Waals surface area contributed by atoms with E-state index in [0.717, 1.165) is 24.3 Å². The van der Waals surface area contributed by atoms with Gasteiger partial charge in [-0.2, -0.15) is 8.42 Å². The van der Waals surface area contributed by atoms with E-state index in [9.17, 15) is 22.8 Å². The molecule has 10 heteroatoms. The van der Waals surface area contributed by atoms with Crippen molar-refractivity contribution in [3.63, 3.8) is 0 Å². The molecule has 1 N–H and O–H groups in total. The van der Waals surface area contributed by atoms with Gasteiger partial charge >= 0.3 is 51.4 Å². The van der Waals surface area contributed by atoms with E-state index in [2.05, 4.69) is 5.32 Å². The molecule has 0 aliphatic carbocycles. The standard InChI is InChI=1S/C10H8N2O6S.K/c13-8-5-9(14)12(10(15)11-8)6-1-3-7(4-2-6)19(16,17)18;/h1-4H,5H2,(H2,11,13,15,16,17,18);/q;+1/p-1. The van der Waals surface area contributed by atoms with Crippen molar-refractivity contribution in [3.05, 3.63) is 29.6 Å². The Bertz CT molecular complexity index is 649. The van der Waals surface area contributed by atoms with Gasteiger partial charge in [0.25, 0.3) is 10.1 Å². The van der Waals surface area contributed by atoms with Gasteiger partial charge in [-0.3, -0.25) is 18.9 Å². The van der Waals surface area contributed by atoms with E-state index < -0.39 is 34.4 Å². The number of urea groups is 1. The topological polar surface area (TPSA) is 123 Å². The summed E-state index contributed by atoms with van der Waals surface area (Å²) < 4.78 is 30.5. The van der Waals surface area contributed by atoms with E-state index in [1.165, 1.54) is 0 Å². The molecule has 0 aromatic heterocycles. The monoisotopic (exact) mass is 322 g/mol. The normalized spacial score (nSPS) is 15.7. The van der Waals surface area contributed by atoms with Gasteiger partial charge in [-0.25, -0.2) is 0 Å². The molecule has 0 atom stereocenters. The van der Waals surface area contributed by atoms with Gasteiger partial charge in [-0.05, 0) is 17.8 Å². The van der Waals surface area contributed by atoms with Crippen molar-refractivity contribution in [2.24, 2.45) is 0 Å². The molecule has 1 saturated heterocycles. The molecule has 1 fully saturated rings. The largest absolute Gasteiger partial charge is 1.00 e. The molecule has 0 unspecified atom stereocenters. The van der Waals surface area contributed by atoms with E-state index in [-0.39, 0.29) is 62.0 Å². The van der Waals surface area contributed by atoms with Crippen LogP contribution in [0.4, 0.5) is 10.5 Å². The average Bonchev–Trinajstić information content (AvgIpc) is 2.27. The molecule has 2 rings (SSSR count). The van der Waals surface area contributed by atoms with Crippen LogP contribution in [0.3, 0.4) is 0 Å². The van der Waals surface area contributed by atoms with Crippen molar-refractivity contribution >= 4 is 33.7 Å². The van der Waals surface area contributed by atoms with Crippen LogP contribution in [0, 0.1) is 0 Å². The van der Waals surface area contributed by atoms with Gasteiger partial charge in [0.2, 0.25) is 0 Å². The number of carbonyl (C=O) groups excluding carboxylic acids is 3. The van der Waals surface area contributed by atoms with Crippen LogP contribution in [0.15, 0.2) is 29.2 Å². The van der Waals surface area contributed by atoms with Gasteiger partial charge in [0, 0.05) is 0 Å². The molecule has 8 nitrogen and oxygen atoms in total. The maximum atomic E-state index is 11.6. The minimum Gasteiger partial charge on any atom is -0.368 e. The van der Waals surface area contributed by atoms with Gasteiger partial charge in [0.15, 0.2) is 17.8 Å². The van der Waals surface area contributed by atoms with Crippen molar-refractivity contribution in [2.45, 2.75) is 11.3 Å². The van der Waals surface area contributed by atoms with Gasteiger partial charge in [-0.15, -0.1) is 0 Å². The van der Waals surface area contributed by atoms with E-state index in [1.807, 2.05) is 0 Å². The third-order valence-electron chi connectivity index (χ3n) is 2.36. The maximum absolute atomic E-state index is 11.6. The number of anilines is 1. The summed E-state index contributed by atoms with van der Waals surface area (Å²) >= 11 is 0. The fourth-order valence-electron chi connectivity index (χ4n) is 1.53. The Morgan fingerprint density at radius 2 is 1.65 bits per heavy atom. The molecule has 0 bridgehead atoms. The first-order valence-electron chi connectivity index (χ1n) is 4.98. The van der Waals surface area contributed by atoms with Crippen molar-refractivity contribution in [3.8, 4) is 0 Å². The molecule has 100 valence electrons. The fraction of sp³-hybridized carbons (Fsp3) is 0.100. The maximum Gasteiger partial charge on any atom is 1.00 e. The van der Waals surface area contributed by atoms with Crippen LogP contribution < -0.4 is 56.3 Å². The molecule has 1 aliphatic rings. The van der Waals surface area contributed by atoms with Gasteiger partial charge in [0.1, 0.15) is 0 Å². The van der Waals surface area contributed by atoms with Crippen LogP contribution >= 0.6 is 0 Å². The molecule has 1 aliphatic heterocycles. The summed E-state index contributed by atoms with van der Waals surface area (Å²) in [6.07, 6.45) is -0.522. The Hall–Kier alpha value is -0.624. The van der Waals surface area contributed by atoms with Gasteiger partial charge < -0.3 is 10.2 Å². The summed E-state index contributed by atoms with van der Waals surface area (Å²) in [6.45, 7) is 0. The fourth-order valence-corrected chi connectivity index (χ4v) is 2.01. The molecular formula is C10H7KN2O6S. The summed E-state index contributed by atoms with van der Waals surface area (Å²) in [5, 5.41) is 3.12. The van der Waals surface area contributed by atoms with E-state index in [1.54, 1.807) is 0 Å². The number of rotatable bonds is 2. The molecule has 0 saturated carbocycles. The Kier molecular flexibility index (Phi) is 5.60. The van der Waals surface area contributed by atoms with Crippen molar-refractivity contribution in [1.82, 2.24) is 0 Å². The molecule has 1 aromatic rings. The van der Waals surface area contributed by atoms with Crippen molar-refractivity contribution in [2.75, 3.05) is 4.90 Å². The summed E-state index contributed by atoms with van der Waals surface area (Å²) in [5.74, 6) is -1.56. The van der Waals surface area contributed by atoms with Gasteiger partial charge in [0.05, 0.1) is 11.3 Å². The second-order valence-corrected chi connectivity index (χ2v) is 5.08. The van der Waals surface area contributed by atoms with E-state index >= 15 is 0 Å². The number of hydrogen-bond donors (Lipinski definition) is 1.